The molecule has 31 heavy (non-hydrogen) atoms. The molecule has 0 amide bonds. The van der Waals surface area contributed by atoms with Gasteiger partial charge >= 0.3 is 5.97 Å². The lowest BCUT2D eigenvalue weighted by Gasteiger charge is -2.21. The maximum absolute atomic E-state index is 12.6. The number of benzene rings is 2. The van der Waals surface area contributed by atoms with Gasteiger partial charge in [0.2, 0.25) is 11.8 Å². The zero-order valence-electron chi connectivity index (χ0n) is 17.0. The minimum Gasteiger partial charge on any atom is -0.497 e. The molecule has 2 unspecified atom stereocenters. The minimum atomic E-state index is -1.19. The van der Waals surface area contributed by atoms with Crippen molar-refractivity contribution >= 4 is 11.7 Å². The lowest BCUT2D eigenvalue weighted by atomic mass is 10.1. The number of cyclic esters (lactones) is 1. The summed E-state index contributed by atoms with van der Waals surface area (Å²) in [6, 6.07) is 14.0. The van der Waals surface area contributed by atoms with E-state index in [1.807, 2.05) is 48.5 Å². The van der Waals surface area contributed by atoms with Crippen LogP contribution >= 0.6 is 0 Å². The Bertz CT molecular complexity index is 1140. The molecule has 9 nitrogen and oxygen atoms in total. The predicted octanol–water partition coefficient (Wildman–Crippen LogP) is 2.28. The second kappa shape index (κ2) is 7.51. The van der Waals surface area contributed by atoms with E-state index in [1.165, 1.54) is 4.80 Å². The number of methoxy groups -OCH3 is 2. The number of hydrogen-bond acceptors (Lipinski definition) is 8. The van der Waals surface area contributed by atoms with Crippen molar-refractivity contribution < 1.29 is 23.7 Å². The van der Waals surface area contributed by atoms with E-state index in [0.717, 1.165) is 28.3 Å². The lowest BCUT2D eigenvalue weighted by molar-refractivity contribution is -0.141. The number of nitrogens with zero attached hydrogens (tertiary/aromatic N) is 4. The fraction of sp³-hybridized carbons (Fsp3) is 0.273. The van der Waals surface area contributed by atoms with Crippen molar-refractivity contribution in [1.82, 2.24) is 15.0 Å². The highest BCUT2D eigenvalue weighted by Crippen LogP contribution is 2.39. The largest absolute Gasteiger partial charge is 0.497 e. The first-order valence-electron chi connectivity index (χ1n) is 9.72. The van der Waals surface area contributed by atoms with E-state index in [9.17, 15) is 4.79 Å². The topological polar surface area (TPSA) is 97.1 Å². The number of carbonyl (C=O) groups excluding carboxylic acids is 1. The lowest BCUT2D eigenvalue weighted by Crippen LogP contribution is -2.39. The van der Waals surface area contributed by atoms with Gasteiger partial charge in [0.15, 0.2) is 0 Å². The van der Waals surface area contributed by atoms with E-state index in [-0.39, 0.29) is 13.2 Å². The molecule has 3 heterocycles. The molecule has 9 heteroatoms. The third-order valence-electron chi connectivity index (χ3n) is 5.40. The average molecular weight is 420 g/mol. The van der Waals surface area contributed by atoms with E-state index >= 15 is 0 Å². The third-order valence-corrected chi connectivity index (χ3v) is 5.40. The molecule has 0 aliphatic carbocycles. The Labute approximate surface area is 178 Å². The average Bonchev–Trinajstić information content (AvgIpc) is 3.54. The van der Waals surface area contributed by atoms with Gasteiger partial charge in [0, 0.05) is 5.56 Å². The first kappa shape index (κ1) is 19.3. The molecule has 2 atom stereocenters. The quantitative estimate of drug-likeness (QED) is 0.584. The van der Waals surface area contributed by atoms with Crippen LogP contribution in [0.4, 0.5) is 0 Å². The van der Waals surface area contributed by atoms with E-state index in [0.29, 0.717) is 5.69 Å². The number of hydrogen-bond donors (Lipinski definition) is 0. The van der Waals surface area contributed by atoms with E-state index in [4.69, 9.17) is 23.9 Å². The van der Waals surface area contributed by atoms with Crippen molar-refractivity contribution in [3.63, 3.8) is 0 Å². The normalized spacial score (nSPS) is 22.5. The number of ether oxygens (including phenoxy) is 4. The second-order valence-corrected chi connectivity index (χ2v) is 7.21. The Morgan fingerprint density at radius 3 is 2.29 bits per heavy atom. The van der Waals surface area contributed by atoms with Crippen molar-refractivity contribution in [2.75, 3.05) is 27.4 Å². The van der Waals surface area contributed by atoms with Gasteiger partial charge < -0.3 is 18.9 Å². The molecule has 1 saturated heterocycles. The Hall–Kier alpha value is -3.72. The van der Waals surface area contributed by atoms with Crippen molar-refractivity contribution in [3.05, 3.63) is 60.3 Å². The van der Waals surface area contributed by atoms with Crippen LogP contribution in [-0.2, 0) is 14.3 Å². The molecule has 158 valence electrons. The Morgan fingerprint density at radius 2 is 1.65 bits per heavy atom. The van der Waals surface area contributed by atoms with Crippen molar-refractivity contribution in [3.8, 4) is 22.8 Å². The molecule has 5 rings (SSSR count). The molecule has 0 radical (unpaired) electrons. The van der Waals surface area contributed by atoms with Gasteiger partial charge in [-0.25, -0.2) is 9.79 Å². The number of esters is 1. The second-order valence-electron chi connectivity index (χ2n) is 7.21. The first-order valence-corrected chi connectivity index (χ1v) is 9.72. The molecule has 2 aliphatic heterocycles. The molecule has 3 aromatic rings. The summed E-state index contributed by atoms with van der Waals surface area (Å²) in [6.07, 6.45) is 1.60. The Morgan fingerprint density at radius 1 is 1.00 bits per heavy atom. The van der Waals surface area contributed by atoms with Gasteiger partial charge in [-0.3, -0.25) is 0 Å². The predicted molar refractivity (Wildman–Crippen MR) is 110 cm³/mol. The van der Waals surface area contributed by atoms with Gasteiger partial charge in [-0.05, 0) is 54.1 Å². The minimum absolute atomic E-state index is 0.00949. The van der Waals surface area contributed by atoms with Gasteiger partial charge in [-0.15, -0.1) is 0 Å². The standard InChI is InChI=1S/C22H20N4O5/c1-28-16-7-3-14(4-8-16)18-11-23-26(25-18)20-21(27)30-13-22(20)24-19(12-31-22)15-5-9-17(29-2)10-6-15/h3-11,20H,12-13H2,1-2H3. The van der Waals surface area contributed by atoms with Crippen LogP contribution in [0.1, 0.15) is 11.6 Å². The van der Waals surface area contributed by atoms with Crippen LogP contribution in [0.5, 0.6) is 11.5 Å². The van der Waals surface area contributed by atoms with E-state index in [1.54, 1.807) is 20.4 Å². The zero-order valence-corrected chi connectivity index (χ0v) is 17.0. The van der Waals surface area contributed by atoms with Gasteiger partial charge in [0.25, 0.3) is 0 Å². The Balaban J connectivity index is 1.45. The molecule has 1 fully saturated rings. The molecule has 2 aliphatic rings. The van der Waals surface area contributed by atoms with E-state index < -0.39 is 17.7 Å². The summed E-state index contributed by atoms with van der Waals surface area (Å²) < 4.78 is 21.7. The van der Waals surface area contributed by atoms with Gasteiger partial charge in [0.1, 0.15) is 23.8 Å². The number of aromatic nitrogens is 3. The Kier molecular flexibility index (Phi) is 4.67. The van der Waals surface area contributed by atoms with Crippen LogP contribution in [0.15, 0.2) is 59.7 Å². The highest BCUT2D eigenvalue weighted by molar-refractivity contribution is 6.03. The van der Waals surface area contributed by atoms with Crippen molar-refractivity contribution in [2.24, 2.45) is 4.99 Å². The SMILES string of the molecule is COc1ccc(C2=NC3(COC(=O)C3n3ncc(-c4ccc(OC)cc4)n3)OC2)cc1. The van der Waals surface area contributed by atoms with Crippen LogP contribution in [-0.4, -0.2) is 59.8 Å². The molecule has 0 saturated carbocycles. The molecule has 0 N–H and O–H groups in total. The summed E-state index contributed by atoms with van der Waals surface area (Å²) >= 11 is 0. The number of rotatable bonds is 5. The monoisotopic (exact) mass is 420 g/mol. The molecule has 1 aromatic heterocycles. The summed E-state index contributed by atoms with van der Waals surface area (Å²) in [7, 11) is 3.22. The van der Waals surface area contributed by atoms with Crippen LogP contribution in [0.3, 0.4) is 0 Å². The number of carbonyl (C=O) groups is 1. The zero-order chi connectivity index (χ0) is 21.4. The van der Waals surface area contributed by atoms with E-state index in [2.05, 4.69) is 10.2 Å². The fourth-order valence-electron chi connectivity index (χ4n) is 3.72. The smallest absolute Gasteiger partial charge is 0.338 e. The third kappa shape index (κ3) is 3.32. The van der Waals surface area contributed by atoms with Crippen LogP contribution in [0.2, 0.25) is 0 Å². The molecular formula is C22H20N4O5. The highest BCUT2D eigenvalue weighted by Gasteiger charge is 2.57. The highest BCUT2D eigenvalue weighted by atomic mass is 16.6. The summed E-state index contributed by atoms with van der Waals surface area (Å²) in [5, 5.41) is 8.82. The van der Waals surface area contributed by atoms with Crippen LogP contribution in [0.25, 0.3) is 11.3 Å². The summed E-state index contributed by atoms with van der Waals surface area (Å²) in [6.45, 7) is 0.266. The molecular weight excluding hydrogens is 400 g/mol. The number of aliphatic imine (C=N–C) groups is 1. The maximum Gasteiger partial charge on any atom is 0.338 e. The van der Waals surface area contributed by atoms with Crippen molar-refractivity contribution in [1.29, 1.82) is 0 Å². The molecule has 0 bridgehead atoms. The van der Waals surface area contributed by atoms with Crippen LogP contribution < -0.4 is 9.47 Å². The van der Waals surface area contributed by atoms with Gasteiger partial charge in [-0.2, -0.15) is 15.0 Å². The van der Waals surface area contributed by atoms with Crippen molar-refractivity contribution in [2.45, 2.75) is 11.8 Å². The molecule has 2 aromatic carbocycles. The summed E-state index contributed by atoms with van der Waals surface area (Å²) in [5.41, 5.74) is 1.90. The van der Waals surface area contributed by atoms with Gasteiger partial charge in [0.05, 0.1) is 32.7 Å². The first-order chi connectivity index (χ1) is 15.1. The summed E-state index contributed by atoms with van der Waals surface area (Å²) in [5.74, 6) is 1.02. The summed E-state index contributed by atoms with van der Waals surface area (Å²) in [4.78, 5) is 18.7. The fourth-order valence-corrected chi connectivity index (χ4v) is 3.72. The molecule has 1 spiro atoms. The van der Waals surface area contributed by atoms with Gasteiger partial charge in [-0.1, -0.05) is 0 Å². The van der Waals surface area contributed by atoms with Crippen LogP contribution in [0, 0.1) is 0 Å². The maximum atomic E-state index is 12.6.